The van der Waals surface area contributed by atoms with Crippen molar-refractivity contribution >= 4 is 45.2 Å². The van der Waals surface area contributed by atoms with Gasteiger partial charge in [0.2, 0.25) is 11.8 Å². The molecule has 1 aliphatic heterocycles. The summed E-state index contributed by atoms with van der Waals surface area (Å²) >= 11 is 1.14. The van der Waals surface area contributed by atoms with E-state index in [9.17, 15) is 32.7 Å². The summed E-state index contributed by atoms with van der Waals surface area (Å²) in [5, 5.41) is 20.0. The number of hydrogen-bond acceptors (Lipinski definition) is 7. The lowest BCUT2D eigenvalue weighted by Gasteiger charge is -2.33. The highest BCUT2D eigenvalue weighted by Crippen LogP contribution is 2.47. The zero-order valence-corrected chi connectivity index (χ0v) is 28.8. The first-order chi connectivity index (χ1) is 22.0. The highest BCUT2D eigenvalue weighted by molar-refractivity contribution is 7.91. The van der Waals surface area contributed by atoms with Crippen molar-refractivity contribution < 1.29 is 32.7 Å². The second-order valence-electron chi connectivity index (χ2n) is 13.2. The molecular weight excluding hydrogens is 631 g/mol. The molecule has 2 unspecified atom stereocenters. The molecule has 46 heavy (non-hydrogen) atoms. The molecule has 258 valence electrons. The Morgan fingerprint density at radius 3 is 2.50 bits per heavy atom. The number of hydrogen-bond donors (Lipinski definition) is 4. The van der Waals surface area contributed by atoms with E-state index in [1.54, 1.807) is 17.5 Å². The molecule has 0 bridgehead atoms. The quantitative estimate of drug-likeness (QED) is 0.181. The Morgan fingerprint density at radius 2 is 1.83 bits per heavy atom. The van der Waals surface area contributed by atoms with Gasteiger partial charge in [0.25, 0.3) is 10.0 Å². The zero-order chi connectivity index (χ0) is 33.3. The summed E-state index contributed by atoms with van der Waals surface area (Å²) in [5.41, 5.74) is -1.27. The summed E-state index contributed by atoms with van der Waals surface area (Å²) in [7, 11) is -2.19. The van der Waals surface area contributed by atoms with Crippen LogP contribution in [0.5, 0.6) is 0 Å². The van der Waals surface area contributed by atoms with E-state index in [-0.39, 0.29) is 29.1 Å². The van der Waals surface area contributed by atoms with Gasteiger partial charge in [-0.1, -0.05) is 64.4 Å². The molecule has 1 saturated heterocycles. The highest BCUT2D eigenvalue weighted by Gasteiger charge is 2.61. The minimum absolute atomic E-state index is 0.103. The normalized spacial score (nSPS) is 24.0. The summed E-state index contributed by atoms with van der Waals surface area (Å²) in [4.78, 5) is 53.1. The van der Waals surface area contributed by atoms with Crippen LogP contribution >= 0.6 is 11.3 Å². The third kappa shape index (κ3) is 9.00. The topological polar surface area (TPSA) is 165 Å². The highest BCUT2D eigenvalue weighted by atomic mass is 32.2. The van der Waals surface area contributed by atoms with Gasteiger partial charge in [0.15, 0.2) is 0 Å². The van der Waals surface area contributed by atoms with Crippen molar-refractivity contribution in [3.05, 3.63) is 17.5 Å². The Balaban J connectivity index is 1.30. The van der Waals surface area contributed by atoms with Crippen molar-refractivity contribution in [2.45, 2.75) is 119 Å². The van der Waals surface area contributed by atoms with Gasteiger partial charge in [0, 0.05) is 26.2 Å². The van der Waals surface area contributed by atoms with Crippen molar-refractivity contribution in [1.82, 2.24) is 25.2 Å². The maximum Gasteiger partial charge on any atom is 0.329 e. The second-order valence-corrected chi connectivity index (χ2v) is 16.4. The van der Waals surface area contributed by atoms with E-state index in [2.05, 4.69) is 22.9 Å². The number of carbonyl (C=O) groups excluding carboxylic acids is 3. The molecule has 0 radical (unpaired) electrons. The lowest BCUT2D eigenvalue weighted by molar-refractivity contribution is -0.145. The van der Waals surface area contributed by atoms with Gasteiger partial charge in [-0.15, -0.1) is 11.3 Å². The number of likely N-dealkylation sites (tertiary alicyclic amines) is 1. The van der Waals surface area contributed by atoms with Crippen molar-refractivity contribution in [3.8, 4) is 0 Å². The molecule has 2 heterocycles. The minimum atomic E-state index is -3.70. The van der Waals surface area contributed by atoms with Gasteiger partial charge in [0.05, 0.1) is 6.54 Å². The van der Waals surface area contributed by atoms with E-state index in [0.717, 1.165) is 82.0 Å². The predicted molar refractivity (Wildman–Crippen MR) is 176 cm³/mol. The molecule has 0 aromatic carbocycles. The minimum Gasteiger partial charge on any atom is -0.479 e. The Morgan fingerprint density at radius 1 is 1.09 bits per heavy atom. The van der Waals surface area contributed by atoms with Crippen molar-refractivity contribution in [1.29, 1.82) is 0 Å². The molecule has 0 spiro atoms. The van der Waals surface area contributed by atoms with Crippen molar-refractivity contribution in [2.24, 2.45) is 11.8 Å². The van der Waals surface area contributed by atoms with Crippen LogP contribution in [0.25, 0.3) is 0 Å². The smallest absolute Gasteiger partial charge is 0.329 e. The van der Waals surface area contributed by atoms with Crippen LogP contribution in [0, 0.1) is 11.8 Å². The van der Waals surface area contributed by atoms with Crippen LogP contribution in [-0.4, -0.2) is 90.8 Å². The average Bonchev–Trinajstić information content (AvgIpc) is 3.41. The standard InChI is InChI=1S/C32H51N5O7S2/c1-3-4-5-6-10-15-24-20-32(24,30(40)41)35-29(39)26-16-11-18-37(26)27(38)21-33-31(42)34-25(23-13-8-7-9-14-23)22-36(2)46(43,44)28-17-12-19-45-28/h12,17,19,23-26H,3-11,13-16,18,20-22H2,1-2H3,(H,35,39)(H,40,41)(H2,33,34,42)/t24?,25?,26-,32+/m0/s1. The summed E-state index contributed by atoms with van der Waals surface area (Å²) in [6.45, 7) is 2.26. The maximum atomic E-state index is 13.3. The number of carbonyl (C=O) groups is 4. The molecule has 12 nitrogen and oxygen atoms in total. The van der Waals surface area contributed by atoms with Gasteiger partial charge < -0.3 is 26.0 Å². The molecule has 1 aromatic heterocycles. The maximum absolute atomic E-state index is 13.3. The van der Waals surface area contributed by atoms with Crippen LogP contribution in [0.4, 0.5) is 4.79 Å². The molecule has 4 amide bonds. The summed E-state index contributed by atoms with van der Waals surface area (Å²) in [5.74, 6) is -1.92. The van der Waals surface area contributed by atoms with Crippen LogP contribution in [-0.2, 0) is 24.4 Å². The van der Waals surface area contributed by atoms with E-state index < -0.39 is 51.5 Å². The molecule has 4 rings (SSSR count). The molecule has 4 N–H and O–H groups in total. The first-order valence-corrected chi connectivity index (χ1v) is 19.2. The second kappa shape index (κ2) is 16.4. The van der Waals surface area contributed by atoms with E-state index in [1.165, 1.54) is 16.3 Å². The van der Waals surface area contributed by atoms with Gasteiger partial charge in [-0.25, -0.2) is 18.0 Å². The monoisotopic (exact) mass is 681 g/mol. The number of urea groups is 1. The molecule has 3 fully saturated rings. The number of sulfonamides is 1. The lowest BCUT2D eigenvalue weighted by atomic mass is 9.84. The number of thiophene rings is 1. The molecule has 4 atom stereocenters. The number of rotatable bonds is 17. The molecular formula is C32H51N5O7S2. The van der Waals surface area contributed by atoms with Gasteiger partial charge in [-0.05, 0) is 61.8 Å². The molecule has 2 saturated carbocycles. The number of unbranched alkanes of at least 4 members (excludes halogenated alkanes) is 4. The zero-order valence-electron chi connectivity index (χ0n) is 27.2. The van der Waals surface area contributed by atoms with E-state index in [1.807, 2.05) is 0 Å². The average molecular weight is 682 g/mol. The fourth-order valence-electron chi connectivity index (χ4n) is 7.05. The number of amides is 4. The van der Waals surface area contributed by atoms with Gasteiger partial charge in [0.1, 0.15) is 15.8 Å². The number of aliphatic carboxylic acids is 1. The third-order valence-corrected chi connectivity index (χ3v) is 13.1. The lowest BCUT2D eigenvalue weighted by Crippen LogP contribution is -2.55. The first kappa shape index (κ1) is 36.1. The molecule has 3 aliphatic rings. The SMILES string of the molecule is CCCCCCCC1C[C@]1(NC(=O)[C@@H]1CCCN1C(=O)CNC(=O)NC(CN(C)S(=O)(=O)c1cccs1)C1CCCCC1)C(=O)O. The van der Waals surface area contributed by atoms with Crippen LogP contribution in [0.2, 0.25) is 0 Å². The molecule has 14 heteroatoms. The number of carboxylic acid groups (broad SMARTS) is 1. The Bertz CT molecular complexity index is 1300. The number of carboxylic acids is 1. The van der Waals surface area contributed by atoms with Crippen LogP contribution in [0.1, 0.15) is 96.8 Å². The predicted octanol–water partition coefficient (Wildman–Crippen LogP) is 3.93. The Kier molecular flexibility index (Phi) is 12.9. The summed E-state index contributed by atoms with van der Waals surface area (Å²) in [6.07, 6.45) is 12.4. The van der Waals surface area contributed by atoms with Crippen molar-refractivity contribution in [3.63, 3.8) is 0 Å². The van der Waals surface area contributed by atoms with Gasteiger partial charge >= 0.3 is 12.0 Å². The Labute approximate surface area is 277 Å². The molecule has 1 aromatic rings. The molecule has 2 aliphatic carbocycles. The first-order valence-electron chi connectivity index (χ1n) is 16.9. The van der Waals surface area contributed by atoms with Crippen LogP contribution in [0.15, 0.2) is 21.7 Å². The summed E-state index contributed by atoms with van der Waals surface area (Å²) in [6, 6.07) is 1.45. The Hall–Kier alpha value is -2.71. The number of nitrogens with zero attached hydrogens (tertiary/aromatic N) is 2. The van der Waals surface area contributed by atoms with E-state index in [0.29, 0.717) is 25.8 Å². The van der Waals surface area contributed by atoms with Gasteiger partial charge in [-0.3, -0.25) is 9.59 Å². The fourth-order valence-corrected chi connectivity index (χ4v) is 9.44. The van der Waals surface area contributed by atoms with E-state index in [4.69, 9.17) is 0 Å². The number of likely N-dealkylation sites (N-methyl/N-ethyl adjacent to an activating group) is 1. The third-order valence-electron chi connectivity index (χ3n) is 9.91. The number of nitrogens with one attached hydrogen (secondary N) is 3. The van der Waals surface area contributed by atoms with Crippen LogP contribution < -0.4 is 16.0 Å². The fraction of sp³-hybridized carbons (Fsp3) is 0.750. The largest absolute Gasteiger partial charge is 0.479 e. The van der Waals surface area contributed by atoms with E-state index >= 15 is 0 Å². The summed E-state index contributed by atoms with van der Waals surface area (Å²) < 4.78 is 27.6. The van der Waals surface area contributed by atoms with Crippen LogP contribution in [0.3, 0.4) is 0 Å². The van der Waals surface area contributed by atoms with Crippen molar-refractivity contribution in [2.75, 3.05) is 26.7 Å². The van der Waals surface area contributed by atoms with Gasteiger partial charge in [-0.2, -0.15) is 4.31 Å².